The first kappa shape index (κ1) is 19.2. The zero-order valence-corrected chi connectivity index (χ0v) is 15.5. The molecule has 0 heterocycles. The third-order valence-electron chi connectivity index (χ3n) is 4.53. The van der Waals surface area contributed by atoms with Crippen LogP contribution in [0.15, 0.2) is 72.8 Å². The number of hydrogen-bond acceptors (Lipinski definition) is 3. The summed E-state index contributed by atoms with van der Waals surface area (Å²) in [6.45, 7) is 0.357. The molecule has 0 fully saturated rings. The van der Waals surface area contributed by atoms with Gasteiger partial charge >= 0.3 is 5.97 Å². The summed E-state index contributed by atoms with van der Waals surface area (Å²) in [4.78, 5) is 11.0. The van der Waals surface area contributed by atoms with Crippen LogP contribution in [0, 0.1) is 11.3 Å². The second-order valence-electron chi connectivity index (χ2n) is 6.55. The molecule has 0 radical (unpaired) electrons. The van der Waals surface area contributed by atoms with Gasteiger partial charge in [0.25, 0.3) is 0 Å². The van der Waals surface area contributed by atoms with Crippen molar-refractivity contribution in [3.05, 3.63) is 101 Å². The molecule has 0 aromatic heterocycles. The van der Waals surface area contributed by atoms with Crippen LogP contribution in [-0.4, -0.2) is 11.1 Å². The first-order chi connectivity index (χ1) is 13.7. The first-order valence-electron chi connectivity index (χ1n) is 9.13. The Morgan fingerprint density at radius 2 is 1.61 bits per heavy atom. The van der Waals surface area contributed by atoms with Crippen molar-refractivity contribution in [2.75, 3.05) is 0 Å². The van der Waals surface area contributed by atoms with Gasteiger partial charge in [0, 0.05) is 0 Å². The highest BCUT2D eigenvalue weighted by Crippen LogP contribution is 2.24. The molecule has 0 amide bonds. The summed E-state index contributed by atoms with van der Waals surface area (Å²) in [6.07, 6.45) is 2.08. The number of benzene rings is 3. The molecule has 3 aromatic carbocycles. The molecular weight excluding hydrogens is 350 g/mol. The Bertz CT molecular complexity index is 973. The van der Waals surface area contributed by atoms with E-state index in [1.807, 2.05) is 36.4 Å². The van der Waals surface area contributed by atoms with Crippen molar-refractivity contribution < 1.29 is 14.6 Å². The van der Waals surface area contributed by atoms with Crippen LogP contribution >= 0.6 is 0 Å². The molecule has 0 spiro atoms. The molecule has 0 unspecified atom stereocenters. The number of nitriles is 1. The van der Waals surface area contributed by atoms with E-state index in [1.54, 1.807) is 24.3 Å². The van der Waals surface area contributed by atoms with Crippen molar-refractivity contribution in [1.29, 1.82) is 5.26 Å². The summed E-state index contributed by atoms with van der Waals surface area (Å²) < 4.78 is 6.01. The van der Waals surface area contributed by atoms with E-state index in [1.165, 1.54) is 5.56 Å². The lowest BCUT2D eigenvalue weighted by atomic mass is 10.0. The summed E-state index contributed by atoms with van der Waals surface area (Å²) in [7, 11) is 0. The Hall–Kier alpha value is -3.58. The SMILES string of the molecule is N#CCc1ccc(OCc2ccc(C(=O)O)cc2)c(CCc2ccccc2)c1. The molecule has 3 rings (SSSR count). The number of carboxylic acids is 1. The van der Waals surface area contributed by atoms with E-state index in [0.29, 0.717) is 13.0 Å². The van der Waals surface area contributed by atoms with Crippen molar-refractivity contribution in [2.45, 2.75) is 25.9 Å². The van der Waals surface area contributed by atoms with Gasteiger partial charge in [0.15, 0.2) is 0 Å². The van der Waals surface area contributed by atoms with Crippen molar-refractivity contribution in [3.8, 4) is 11.8 Å². The van der Waals surface area contributed by atoms with Crippen LogP contribution in [-0.2, 0) is 25.9 Å². The normalized spacial score (nSPS) is 10.2. The van der Waals surface area contributed by atoms with Gasteiger partial charge in [0.05, 0.1) is 18.1 Å². The minimum absolute atomic E-state index is 0.258. The lowest BCUT2D eigenvalue weighted by molar-refractivity contribution is 0.0697. The van der Waals surface area contributed by atoms with Crippen LogP contribution in [0.5, 0.6) is 5.75 Å². The third kappa shape index (κ3) is 5.21. The number of carbonyl (C=O) groups is 1. The van der Waals surface area contributed by atoms with Gasteiger partial charge in [-0.2, -0.15) is 5.26 Å². The Labute approximate surface area is 164 Å². The quantitative estimate of drug-likeness (QED) is 0.616. The molecule has 140 valence electrons. The Morgan fingerprint density at radius 3 is 2.29 bits per heavy atom. The predicted octanol–water partition coefficient (Wildman–Crippen LogP) is 4.82. The first-order valence-corrected chi connectivity index (χ1v) is 9.13. The standard InChI is InChI=1S/C24H21NO3/c25-15-14-19-9-13-23(22(16-19)12-6-18-4-2-1-3-5-18)28-17-20-7-10-21(11-8-20)24(26)27/h1-5,7-11,13,16H,6,12,14,17H2,(H,26,27). The fourth-order valence-electron chi connectivity index (χ4n) is 3.00. The molecule has 0 aliphatic rings. The Kier molecular flexibility index (Phi) is 6.43. The smallest absolute Gasteiger partial charge is 0.335 e. The fraction of sp³-hybridized carbons (Fsp3) is 0.167. The van der Waals surface area contributed by atoms with Gasteiger partial charge < -0.3 is 9.84 Å². The number of ether oxygens (including phenoxy) is 1. The van der Waals surface area contributed by atoms with Gasteiger partial charge in [-0.15, -0.1) is 0 Å². The average Bonchev–Trinajstić information content (AvgIpc) is 2.73. The molecule has 4 nitrogen and oxygen atoms in total. The number of hydrogen-bond donors (Lipinski definition) is 1. The third-order valence-corrected chi connectivity index (χ3v) is 4.53. The van der Waals surface area contributed by atoms with Gasteiger partial charge in [-0.25, -0.2) is 4.79 Å². The number of rotatable bonds is 8. The second-order valence-corrected chi connectivity index (χ2v) is 6.55. The maximum absolute atomic E-state index is 11.0. The largest absolute Gasteiger partial charge is 0.489 e. The number of carboxylic acid groups (broad SMARTS) is 1. The molecule has 0 bridgehead atoms. The van der Waals surface area contributed by atoms with Crippen LogP contribution in [0.1, 0.15) is 32.6 Å². The fourth-order valence-corrected chi connectivity index (χ4v) is 3.00. The van der Waals surface area contributed by atoms with Gasteiger partial charge in [0.2, 0.25) is 0 Å². The van der Waals surface area contributed by atoms with Crippen molar-refractivity contribution in [2.24, 2.45) is 0 Å². The van der Waals surface area contributed by atoms with Gasteiger partial charge in [-0.1, -0.05) is 54.6 Å². The van der Waals surface area contributed by atoms with E-state index in [4.69, 9.17) is 15.1 Å². The van der Waals surface area contributed by atoms with E-state index in [9.17, 15) is 4.79 Å². The minimum atomic E-state index is -0.941. The zero-order valence-electron chi connectivity index (χ0n) is 15.5. The van der Waals surface area contributed by atoms with Gasteiger partial charge in [0.1, 0.15) is 12.4 Å². The molecular formula is C24H21NO3. The monoisotopic (exact) mass is 371 g/mol. The van der Waals surface area contributed by atoms with Crippen molar-refractivity contribution >= 4 is 5.97 Å². The summed E-state index contributed by atoms with van der Waals surface area (Å²) in [5.74, 6) is -0.149. The zero-order chi connectivity index (χ0) is 19.8. The molecule has 28 heavy (non-hydrogen) atoms. The highest BCUT2D eigenvalue weighted by Gasteiger charge is 2.08. The van der Waals surface area contributed by atoms with Crippen LogP contribution in [0.3, 0.4) is 0 Å². The minimum Gasteiger partial charge on any atom is -0.489 e. The van der Waals surface area contributed by atoms with E-state index in [2.05, 4.69) is 18.2 Å². The van der Waals surface area contributed by atoms with Crippen LogP contribution < -0.4 is 4.74 Å². The van der Waals surface area contributed by atoms with Crippen LogP contribution in [0.25, 0.3) is 0 Å². The summed E-state index contributed by atoms with van der Waals surface area (Å²) in [5, 5.41) is 18.0. The van der Waals surface area contributed by atoms with Gasteiger partial charge in [-0.05, 0) is 53.3 Å². The highest BCUT2D eigenvalue weighted by atomic mass is 16.5. The summed E-state index contributed by atoms with van der Waals surface area (Å²) >= 11 is 0. The molecule has 0 saturated carbocycles. The highest BCUT2D eigenvalue weighted by molar-refractivity contribution is 5.87. The molecule has 4 heteroatoms. The number of aromatic carboxylic acids is 1. The number of nitrogens with zero attached hydrogens (tertiary/aromatic N) is 1. The molecule has 0 aliphatic heterocycles. The van der Waals surface area contributed by atoms with E-state index in [-0.39, 0.29) is 5.56 Å². The summed E-state index contributed by atoms with van der Waals surface area (Å²) in [5.41, 5.74) is 4.46. The van der Waals surface area contributed by atoms with Gasteiger partial charge in [-0.3, -0.25) is 0 Å². The lowest BCUT2D eigenvalue weighted by Crippen LogP contribution is -2.02. The molecule has 3 aromatic rings. The second kappa shape index (κ2) is 9.38. The molecule has 0 aliphatic carbocycles. The predicted molar refractivity (Wildman–Crippen MR) is 107 cm³/mol. The van der Waals surface area contributed by atoms with Crippen LogP contribution in [0.4, 0.5) is 0 Å². The van der Waals surface area contributed by atoms with Crippen molar-refractivity contribution in [3.63, 3.8) is 0 Å². The Morgan fingerprint density at radius 1 is 0.893 bits per heavy atom. The molecule has 0 saturated heterocycles. The maximum atomic E-state index is 11.0. The number of aryl methyl sites for hydroxylation is 2. The van der Waals surface area contributed by atoms with E-state index >= 15 is 0 Å². The molecule has 1 N–H and O–H groups in total. The summed E-state index contributed by atoms with van der Waals surface area (Å²) in [6, 6.07) is 25.0. The van der Waals surface area contributed by atoms with E-state index < -0.39 is 5.97 Å². The topological polar surface area (TPSA) is 70.3 Å². The van der Waals surface area contributed by atoms with E-state index in [0.717, 1.165) is 35.3 Å². The van der Waals surface area contributed by atoms with Crippen LogP contribution in [0.2, 0.25) is 0 Å². The molecule has 0 atom stereocenters. The average molecular weight is 371 g/mol. The lowest BCUT2D eigenvalue weighted by Gasteiger charge is -2.13. The maximum Gasteiger partial charge on any atom is 0.335 e. The Balaban J connectivity index is 1.73. The van der Waals surface area contributed by atoms with Crippen molar-refractivity contribution in [1.82, 2.24) is 0 Å².